The van der Waals surface area contributed by atoms with E-state index in [0.717, 1.165) is 42.9 Å². The summed E-state index contributed by atoms with van der Waals surface area (Å²) in [5, 5.41) is 7.42. The summed E-state index contributed by atoms with van der Waals surface area (Å²) < 4.78 is 32.0. The van der Waals surface area contributed by atoms with Crippen LogP contribution in [-0.2, 0) is 16.6 Å². The number of nitrogens with zero attached hydrogens (tertiary/aromatic N) is 2. The van der Waals surface area contributed by atoms with Crippen molar-refractivity contribution in [3.05, 3.63) is 47.3 Å². The lowest BCUT2D eigenvalue weighted by Crippen LogP contribution is -2.40. The predicted octanol–water partition coefficient (Wildman–Crippen LogP) is 2.48. The highest BCUT2D eigenvalue weighted by Gasteiger charge is 2.29. The summed E-state index contributed by atoms with van der Waals surface area (Å²) in [6.45, 7) is 6.64. The standard InChI is InChI=1S/C18H25N3O3S/c1-14-18(15(2)24-20-14)13-19-12-16-8-10-21(11-9-16)25(22,23)17-6-4-3-5-7-17/h3-7,16,19H,8-13H2,1-2H3. The number of piperidine rings is 1. The number of sulfonamides is 1. The molecule has 0 spiro atoms. The Morgan fingerprint density at radius 2 is 1.88 bits per heavy atom. The van der Waals surface area contributed by atoms with Crippen LogP contribution < -0.4 is 5.32 Å². The lowest BCUT2D eigenvalue weighted by molar-refractivity contribution is 0.267. The molecule has 2 aromatic rings. The van der Waals surface area contributed by atoms with Crippen LogP contribution in [0.4, 0.5) is 0 Å². The topological polar surface area (TPSA) is 75.4 Å². The number of benzene rings is 1. The molecule has 2 heterocycles. The van der Waals surface area contributed by atoms with Gasteiger partial charge in [0.05, 0.1) is 10.6 Å². The molecule has 1 aromatic carbocycles. The fourth-order valence-corrected chi connectivity index (χ4v) is 4.74. The summed E-state index contributed by atoms with van der Waals surface area (Å²) in [5.74, 6) is 1.34. The van der Waals surface area contributed by atoms with E-state index in [0.29, 0.717) is 23.9 Å². The van der Waals surface area contributed by atoms with Crippen molar-refractivity contribution in [2.75, 3.05) is 19.6 Å². The van der Waals surface area contributed by atoms with Gasteiger partial charge in [0.2, 0.25) is 10.0 Å². The first-order valence-electron chi connectivity index (χ1n) is 8.66. The molecule has 1 saturated heterocycles. The van der Waals surface area contributed by atoms with Crippen LogP contribution in [0.3, 0.4) is 0 Å². The summed E-state index contributed by atoms with van der Waals surface area (Å²) in [5.41, 5.74) is 2.04. The van der Waals surface area contributed by atoms with Gasteiger partial charge >= 0.3 is 0 Å². The predicted molar refractivity (Wildman–Crippen MR) is 95.6 cm³/mol. The quantitative estimate of drug-likeness (QED) is 0.853. The summed E-state index contributed by atoms with van der Waals surface area (Å²) in [6.07, 6.45) is 1.75. The van der Waals surface area contributed by atoms with Gasteiger partial charge in [-0.3, -0.25) is 0 Å². The molecule has 0 amide bonds. The third kappa shape index (κ3) is 4.11. The molecular weight excluding hydrogens is 338 g/mol. The van der Waals surface area contributed by atoms with Crippen LogP contribution in [0, 0.1) is 19.8 Å². The van der Waals surface area contributed by atoms with E-state index in [1.165, 1.54) is 0 Å². The zero-order valence-corrected chi connectivity index (χ0v) is 15.6. The van der Waals surface area contributed by atoms with Crippen LogP contribution >= 0.6 is 0 Å². The zero-order valence-electron chi connectivity index (χ0n) is 14.7. The second-order valence-electron chi connectivity index (χ2n) is 6.59. The molecule has 1 aliphatic heterocycles. The highest BCUT2D eigenvalue weighted by atomic mass is 32.2. The molecule has 0 aliphatic carbocycles. The molecule has 0 radical (unpaired) electrons. The number of hydrogen-bond acceptors (Lipinski definition) is 5. The molecule has 3 rings (SSSR count). The summed E-state index contributed by atoms with van der Waals surface area (Å²) in [4.78, 5) is 0.380. The van der Waals surface area contributed by atoms with Crippen molar-refractivity contribution >= 4 is 10.0 Å². The number of rotatable bonds is 6. The second-order valence-corrected chi connectivity index (χ2v) is 8.53. The number of aromatic nitrogens is 1. The van der Waals surface area contributed by atoms with Crippen LogP contribution in [0.25, 0.3) is 0 Å². The minimum atomic E-state index is -3.36. The minimum absolute atomic E-state index is 0.380. The fourth-order valence-electron chi connectivity index (χ4n) is 3.25. The first kappa shape index (κ1) is 18.1. The largest absolute Gasteiger partial charge is 0.361 e. The zero-order chi connectivity index (χ0) is 17.9. The average Bonchev–Trinajstić information content (AvgIpc) is 2.95. The Hall–Kier alpha value is -1.70. The van der Waals surface area contributed by atoms with Gasteiger partial charge in [-0.2, -0.15) is 4.31 Å². The van der Waals surface area contributed by atoms with Crippen LogP contribution in [0.15, 0.2) is 39.8 Å². The van der Waals surface area contributed by atoms with Gasteiger partial charge < -0.3 is 9.84 Å². The van der Waals surface area contributed by atoms with Gasteiger partial charge in [-0.15, -0.1) is 0 Å². The van der Waals surface area contributed by atoms with Crippen molar-refractivity contribution in [1.82, 2.24) is 14.8 Å². The van der Waals surface area contributed by atoms with Gasteiger partial charge in [0, 0.05) is 25.2 Å². The van der Waals surface area contributed by atoms with Crippen molar-refractivity contribution in [3.63, 3.8) is 0 Å². The van der Waals surface area contributed by atoms with Gasteiger partial charge in [0.25, 0.3) is 0 Å². The third-order valence-electron chi connectivity index (χ3n) is 4.87. The first-order chi connectivity index (χ1) is 12.0. The molecule has 136 valence electrons. The van der Waals surface area contributed by atoms with Gasteiger partial charge in [0.15, 0.2) is 0 Å². The molecule has 6 nitrogen and oxygen atoms in total. The number of aryl methyl sites for hydroxylation is 2. The Kier molecular flexibility index (Phi) is 5.56. The van der Waals surface area contributed by atoms with Crippen LogP contribution in [0.2, 0.25) is 0 Å². The molecule has 0 atom stereocenters. The smallest absolute Gasteiger partial charge is 0.243 e. The summed E-state index contributed by atoms with van der Waals surface area (Å²) >= 11 is 0. The average molecular weight is 363 g/mol. The normalized spacial score (nSPS) is 17.0. The SMILES string of the molecule is Cc1noc(C)c1CNCC1CCN(S(=O)(=O)c2ccccc2)CC1. The van der Waals surface area contributed by atoms with Gasteiger partial charge in [-0.05, 0) is 51.3 Å². The first-order valence-corrected chi connectivity index (χ1v) is 10.1. The van der Waals surface area contributed by atoms with E-state index in [9.17, 15) is 8.42 Å². The number of hydrogen-bond donors (Lipinski definition) is 1. The molecule has 7 heteroatoms. The van der Waals surface area contributed by atoms with E-state index < -0.39 is 10.0 Å². The van der Waals surface area contributed by atoms with Crippen LogP contribution in [-0.4, -0.2) is 37.5 Å². The van der Waals surface area contributed by atoms with Crippen LogP contribution in [0.5, 0.6) is 0 Å². The van der Waals surface area contributed by atoms with E-state index in [1.807, 2.05) is 19.9 Å². The molecule has 0 unspecified atom stereocenters. The molecule has 25 heavy (non-hydrogen) atoms. The van der Waals surface area contributed by atoms with E-state index in [-0.39, 0.29) is 0 Å². The highest BCUT2D eigenvalue weighted by Crippen LogP contribution is 2.23. The van der Waals surface area contributed by atoms with Crippen LogP contribution in [0.1, 0.15) is 29.9 Å². The van der Waals surface area contributed by atoms with Gasteiger partial charge in [0.1, 0.15) is 5.76 Å². The maximum atomic E-state index is 12.6. The van der Waals surface area contributed by atoms with Crippen molar-refractivity contribution in [3.8, 4) is 0 Å². The molecule has 1 N–H and O–H groups in total. The van der Waals surface area contributed by atoms with Crippen molar-refractivity contribution < 1.29 is 12.9 Å². The monoisotopic (exact) mass is 363 g/mol. The van der Waals surface area contributed by atoms with Gasteiger partial charge in [-0.1, -0.05) is 23.4 Å². The lowest BCUT2D eigenvalue weighted by Gasteiger charge is -2.31. The molecule has 1 fully saturated rings. The summed E-state index contributed by atoms with van der Waals surface area (Å²) in [7, 11) is -3.36. The van der Waals surface area contributed by atoms with Gasteiger partial charge in [-0.25, -0.2) is 8.42 Å². The third-order valence-corrected chi connectivity index (χ3v) is 6.78. The molecular formula is C18H25N3O3S. The maximum Gasteiger partial charge on any atom is 0.243 e. The van der Waals surface area contributed by atoms with Crippen molar-refractivity contribution in [2.45, 2.75) is 38.1 Å². The van der Waals surface area contributed by atoms with Crippen molar-refractivity contribution in [2.24, 2.45) is 5.92 Å². The van der Waals surface area contributed by atoms with E-state index in [4.69, 9.17) is 4.52 Å². The Morgan fingerprint density at radius 1 is 1.20 bits per heavy atom. The Labute approximate surface area is 149 Å². The lowest BCUT2D eigenvalue weighted by atomic mass is 9.98. The Morgan fingerprint density at radius 3 is 2.48 bits per heavy atom. The molecule has 1 aromatic heterocycles. The highest BCUT2D eigenvalue weighted by molar-refractivity contribution is 7.89. The molecule has 0 bridgehead atoms. The fraction of sp³-hybridized carbons (Fsp3) is 0.500. The van der Waals surface area contributed by atoms with E-state index in [2.05, 4.69) is 10.5 Å². The number of nitrogens with one attached hydrogen (secondary N) is 1. The molecule has 1 aliphatic rings. The minimum Gasteiger partial charge on any atom is -0.361 e. The Balaban J connectivity index is 1.49. The molecule has 0 saturated carbocycles. The maximum absolute atomic E-state index is 12.6. The van der Waals surface area contributed by atoms with E-state index >= 15 is 0 Å². The second kappa shape index (κ2) is 7.68. The Bertz CT molecular complexity index is 775. The van der Waals surface area contributed by atoms with Crippen molar-refractivity contribution in [1.29, 1.82) is 0 Å². The summed E-state index contributed by atoms with van der Waals surface area (Å²) in [6, 6.07) is 8.67. The van der Waals surface area contributed by atoms with E-state index in [1.54, 1.807) is 28.6 Å².